The second-order valence-electron chi connectivity index (χ2n) is 7.72. The molecule has 6 heteroatoms. The first-order valence-corrected chi connectivity index (χ1v) is 9.61. The highest BCUT2D eigenvalue weighted by atomic mass is 16.7. The Labute approximate surface area is 164 Å². The quantitative estimate of drug-likeness (QED) is 0.774. The van der Waals surface area contributed by atoms with Crippen LogP contribution in [0.2, 0.25) is 0 Å². The maximum absolute atomic E-state index is 5.86. The molecular formula is C22H24O6. The molecule has 0 fully saturated rings. The first kappa shape index (κ1) is 17.3. The van der Waals surface area contributed by atoms with E-state index in [0.717, 1.165) is 35.5 Å². The summed E-state index contributed by atoms with van der Waals surface area (Å²) in [5, 5.41) is 0. The summed E-state index contributed by atoms with van der Waals surface area (Å²) in [6, 6.07) is 4.17. The van der Waals surface area contributed by atoms with Crippen LogP contribution in [0.5, 0.6) is 34.5 Å². The molecule has 2 aromatic carbocycles. The molecule has 2 heterocycles. The van der Waals surface area contributed by atoms with E-state index in [1.54, 1.807) is 14.2 Å². The number of methoxy groups -OCH3 is 2. The van der Waals surface area contributed by atoms with E-state index in [1.807, 2.05) is 0 Å². The van der Waals surface area contributed by atoms with Gasteiger partial charge in [-0.05, 0) is 47.9 Å². The van der Waals surface area contributed by atoms with Crippen molar-refractivity contribution in [2.24, 2.45) is 11.8 Å². The van der Waals surface area contributed by atoms with Gasteiger partial charge < -0.3 is 28.4 Å². The van der Waals surface area contributed by atoms with Crippen LogP contribution in [0.1, 0.15) is 25.0 Å². The number of hydrogen-bond donors (Lipinski definition) is 0. The number of hydrogen-bond acceptors (Lipinski definition) is 6. The average molecular weight is 384 g/mol. The fourth-order valence-corrected chi connectivity index (χ4v) is 4.48. The van der Waals surface area contributed by atoms with Crippen LogP contribution >= 0.6 is 0 Å². The highest BCUT2D eigenvalue weighted by molar-refractivity contribution is 5.88. The largest absolute Gasteiger partial charge is 0.492 e. The Morgan fingerprint density at radius 3 is 1.54 bits per heavy atom. The molecule has 0 spiro atoms. The van der Waals surface area contributed by atoms with Crippen molar-refractivity contribution in [1.29, 1.82) is 0 Å². The molecule has 3 aliphatic rings. The van der Waals surface area contributed by atoms with Gasteiger partial charge >= 0.3 is 0 Å². The van der Waals surface area contributed by atoms with Gasteiger partial charge in [0.25, 0.3) is 0 Å². The summed E-state index contributed by atoms with van der Waals surface area (Å²) in [6.45, 7) is 4.98. The first-order chi connectivity index (χ1) is 13.6. The summed E-state index contributed by atoms with van der Waals surface area (Å²) >= 11 is 0. The Bertz CT molecular complexity index is 874. The van der Waals surface area contributed by atoms with Crippen molar-refractivity contribution in [2.45, 2.75) is 26.7 Å². The fraction of sp³-hybridized carbons (Fsp3) is 0.455. The molecule has 6 nitrogen and oxygen atoms in total. The van der Waals surface area contributed by atoms with Crippen molar-refractivity contribution in [2.75, 3.05) is 27.8 Å². The third kappa shape index (κ3) is 2.40. The van der Waals surface area contributed by atoms with Crippen LogP contribution in [0, 0.1) is 11.8 Å². The predicted octanol–water partition coefficient (Wildman–Crippen LogP) is 4.20. The maximum Gasteiger partial charge on any atom is 0.231 e. The Hall–Kier alpha value is -2.76. The summed E-state index contributed by atoms with van der Waals surface area (Å²) in [4.78, 5) is 0. The molecule has 0 saturated carbocycles. The van der Waals surface area contributed by atoms with Gasteiger partial charge in [-0.3, -0.25) is 0 Å². The summed E-state index contributed by atoms with van der Waals surface area (Å²) < 4.78 is 34.6. The molecule has 0 saturated heterocycles. The minimum absolute atomic E-state index is 0.200. The smallest absolute Gasteiger partial charge is 0.231 e. The van der Waals surface area contributed by atoms with E-state index < -0.39 is 0 Å². The van der Waals surface area contributed by atoms with Crippen molar-refractivity contribution in [1.82, 2.24) is 0 Å². The number of rotatable bonds is 2. The molecular weight excluding hydrogens is 360 g/mol. The van der Waals surface area contributed by atoms with E-state index in [9.17, 15) is 0 Å². The molecule has 1 aliphatic carbocycles. The van der Waals surface area contributed by atoms with E-state index in [-0.39, 0.29) is 13.6 Å². The van der Waals surface area contributed by atoms with Gasteiger partial charge in [0.05, 0.1) is 14.2 Å². The Morgan fingerprint density at radius 2 is 1.14 bits per heavy atom. The van der Waals surface area contributed by atoms with Crippen LogP contribution in [0.4, 0.5) is 0 Å². The lowest BCUT2D eigenvalue weighted by molar-refractivity contribution is 0.171. The van der Waals surface area contributed by atoms with E-state index in [0.29, 0.717) is 34.8 Å². The van der Waals surface area contributed by atoms with E-state index >= 15 is 0 Å². The fourth-order valence-electron chi connectivity index (χ4n) is 4.48. The van der Waals surface area contributed by atoms with Gasteiger partial charge in [0, 0.05) is 11.1 Å². The Kier molecular flexibility index (Phi) is 3.96. The van der Waals surface area contributed by atoms with Gasteiger partial charge in [0.15, 0.2) is 23.0 Å². The van der Waals surface area contributed by atoms with Gasteiger partial charge in [0.1, 0.15) is 0 Å². The Balaban J connectivity index is 1.87. The summed E-state index contributed by atoms with van der Waals surface area (Å²) in [5.41, 5.74) is 4.32. The topological polar surface area (TPSA) is 55.4 Å². The second kappa shape index (κ2) is 6.40. The third-order valence-electron chi connectivity index (χ3n) is 6.12. The predicted molar refractivity (Wildman–Crippen MR) is 103 cm³/mol. The summed E-state index contributed by atoms with van der Waals surface area (Å²) in [5.74, 6) is 5.12. The highest BCUT2D eigenvalue weighted by Gasteiger charge is 2.35. The standard InChI is InChI=1S/C22H24O6/c1-11-5-13-7-15-19(27-9-25-15)21(23-3)17(13)18-14(6-12(11)2)8-16-20(22(18)24-4)28-10-26-16/h7-8,11-12H,5-6,9-10H2,1-4H3. The minimum Gasteiger partial charge on any atom is -0.492 e. The van der Waals surface area contributed by atoms with Crippen molar-refractivity contribution in [3.63, 3.8) is 0 Å². The van der Waals surface area contributed by atoms with Crippen LogP contribution < -0.4 is 28.4 Å². The van der Waals surface area contributed by atoms with Gasteiger partial charge in [-0.25, -0.2) is 0 Å². The van der Waals surface area contributed by atoms with Crippen LogP contribution in [0.15, 0.2) is 12.1 Å². The van der Waals surface area contributed by atoms with Gasteiger partial charge in [-0.15, -0.1) is 0 Å². The Morgan fingerprint density at radius 1 is 0.714 bits per heavy atom. The van der Waals surface area contributed by atoms with Crippen molar-refractivity contribution < 1.29 is 28.4 Å². The van der Waals surface area contributed by atoms with Crippen LogP contribution in [0.3, 0.4) is 0 Å². The monoisotopic (exact) mass is 384 g/mol. The van der Waals surface area contributed by atoms with E-state index in [1.165, 1.54) is 11.1 Å². The molecule has 2 atom stereocenters. The third-order valence-corrected chi connectivity index (χ3v) is 6.12. The zero-order chi connectivity index (χ0) is 19.4. The van der Waals surface area contributed by atoms with Crippen molar-refractivity contribution >= 4 is 0 Å². The lowest BCUT2D eigenvalue weighted by Gasteiger charge is -2.29. The van der Waals surface area contributed by atoms with E-state index in [4.69, 9.17) is 28.4 Å². The molecule has 2 aliphatic heterocycles. The SMILES string of the molecule is COc1c2c(cc3c1-c1c(cc4c(c1OC)OCO4)CC(C)C(C)C3)OCO2. The molecule has 0 radical (unpaired) electrons. The first-order valence-electron chi connectivity index (χ1n) is 9.61. The van der Waals surface area contributed by atoms with Gasteiger partial charge in [0.2, 0.25) is 25.1 Å². The maximum atomic E-state index is 5.86. The van der Waals surface area contributed by atoms with Crippen LogP contribution in [-0.4, -0.2) is 27.8 Å². The van der Waals surface area contributed by atoms with Crippen molar-refractivity contribution in [3.05, 3.63) is 23.3 Å². The van der Waals surface area contributed by atoms with E-state index in [2.05, 4.69) is 26.0 Å². The molecule has 5 rings (SSSR count). The summed E-state index contributed by atoms with van der Waals surface area (Å²) in [7, 11) is 3.34. The lowest BCUT2D eigenvalue weighted by Crippen LogP contribution is -2.18. The lowest BCUT2D eigenvalue weighted by atomic mass is 9.77. The molecule has 148 valence electrons. The molecule has 28 heavy (non-hydrogen) atoms. The number of fused-ring (bicyclic) bond motifs is 5. The van der Waals surface area contributed by atoms with Crippen LogP contribution in [-0.2, 0) is 12.8 Å². The zero-order valence-corrected chi connectivity index (χ0v) is 16.6. The molecule has 0 aromatic heterocycles. The molecule has 0 N–H and O–H groups in total. The average Bonchev–Trinajstić information content (AvgIpc) is 3.34. The normalized spacial score (nSPS) is 21.4. The van der Waals surface area contributed by atoms with Crippen LogP contribution in [0.25, 0.3) is 11.1 Å². The van der Waals surface area contributed by atoms with Gasteiger partial charge in [-0.2, -0.15) is 0 Å². The number of benzene rings is 2. The number of ether oxygens (including phenoxy) is 6. The second-order valence-corrected chi connectivity index (χ2v) is 7.72. The summed E-state index contributed by atoms with van der Waals surface area (Å²) in [6.07, 6.45) is 1.83. The minimum atomic E-state index is 0.200. The molecule has 0 bridgehead atoms. The molecule has 2 aromatic rings. The van der Waals surface area contributed by atoms with Gasteiger partial charge in [-0.1, -0.05) is 13.8 Å². The zero-order valence-electron chi connectivity index (χ0n) is 16.6. The highest BCUT2D eigenvalue weighted by Crippen LogP contribution is 2.57. The molecule has 0 amide bonds. The molecule has 2 unspecified atom stereocenters. The van der Waals surface area contributed by atoms with Crippen molar-refractivity contribution in [3.8, 4) is 45.6 Å².